The van der Waals surface area contributed by atoms with Crippen LogP contribution in [0.1, 0.15) is 22.3 Å². The van der Waals surface area contributed by atoms with Gasteiger partial charge in [-0.05, 0) is 58.7 Å². The van der Waals surface area contributed by atoms with Crippen molar-refractivity contribution in [2.24, 2.45) is 0 Å². The van der Waals surface area contributed by atoms with E-state index in [0.29, 0.717) is 0 Å². The van der Waals surface area contributed by atoms with Crippen molar-refractivity contribution in [2.75, 3.05) is 0 Å². The zero-order chi connectivity index (χ0) is 29.3. The molecule has 0 bridgehead atoms. The smallest absolute Gasteiger partial charge is 0.116 e. The standard InChI is InChI=1S/C26H23BrP.C8H8Br2.BrH.H4P2/c27-20-22-16-18-23(19-17-22)21-28(24-10-4-1-5-11-24,25-12-6-2-7-13-25)26-14-8-3-9-15-26;9-5-7-1-2-8(6-10)4-3-7;;1-2/h1-19H,20-21H2;1-4H,5-6H2;1H;1-2H2/q+1;;;/p-1/i;;;1T. The van der Waals surface area contributed by atoms with Crippen molar-refractivity contribution in [2.45, 2.75) is 22.2 Å². The lowest BCUT2D eigenvalue weighted by Crippen LogP contribution is -3.00. The van der Waals surface area contributed by atoms with E-state index in [1.54, 1.807) is 0 Å². The Bertz CT molecular complexity index is 1270. The lowest BCUT2D eigenvalue weighted by Gasteiger charge is -2.28. The monoisotopic (exact) mass is 854 g/mol. The summed E-state index contributed by atoms with van der Waals surface area (Å²) < 4.78 is 6.20. The summed E-state index contributed by atoms with van der Waals surface area (Å²) >= 11 is 10.3. The minimum atomic E-state index is -1.81. The van der Waals surface area contributed by atoms with Gasteiger partial charge in [0.25, 0.3) is 0 Å². The number of hydrogen-bond donors (Lipinski definition) is 0. The lowest BCUT2D eigenvalue weighted by molar-refractivity contribution is -0.00000748. The van der Waals surface area contributed by atoms with E-state index in [9.17, 15) is 0 Å². The molecule has 0 radical (unpaired) electrons. The SMILES string of the molecule is BrCc1ccc(CBr)cc1.BrCc1ccc(C[P+](c2ccccc2)(c2ccccc2)c2ccccc2)cc1.[3H]PP.[Br-]. The minimum Gasteiger partial charge on any atom is -1.00 e. The fourth-order valence-electron chi connectivity index (χ4n) is 4.49. The Kier molecular flexibility index (Phi) is 17.2. The van der Waals surface area contributed by atoms with E-state index in [-0.39, 0.29) is 25.9 Å². The zero-order valence-corrected chi connectivity index (χ0v) is 32.0. The molecule has 0 saturated heterocycles. The van der Waals surface area contributed by atoms with E-state index in [1.165, 1.54) is 38.2 Å². The van der Waals surface area contributed by atoms with Crippen LogP contribution in [0.2, 0.25) is 0 Å². The maximum Gasteiger partial charge on any atom is 0.116 e. The molecule has 2 atom stereocenters. The molecule has 0 aliphatic heterocycles. The van der Waals surface area contributed by atoms with Gasteiger partial charge >= 0.3 is 0 Å². The molecule has 5 aromatic rings. The second-order valence-electron chi connectivity index (χ2n) is 9.01. The van der Waals surface area contributed by atoms with Crippen molar-refractivity contribution >= 4 is 88.8 Å². The largest absolute Gasteiger partial charge is 1.00 e. The zero-order valence-electron chi connectivity index (χ0n) is 23.6. The van der Waals surface area contributed by atoms with Gasteiger partial charge in [-0.1, -0.05) is 151 Å². The molecule has 0 N–H and O–H groups in total. The lowest BCUT2D eigenvalue weighted by atomic mass is 10.2. The Balaban J connectivity index is 0.000000370. The average molecular weight is 858 g/mol. The molecule has 41 heavy (non-hydrogen) atoms. The highest BCUT2D eigenvalue weighted by atomic mass is 79.9. The number of halogens is 4. The van der Waals surface area contributed by atoms with Crippen LogP contribution in [0, 0.1) is 0 Å². The molecule has 0 aromatic heterocycles. The van der Waals surface area contributed by atoms with Crippen LogP contribution in [0.25, 0.3) is 0 Å². The van der Waals surface area contributed by atoms with E-state index in [0.717, 1.165) is 22.2 Å². The summed E-state index contributed by atoms with van der Waals surface area (Å²) in [5.41, 5.74) is 5.34. The first-order chi connectivity index (χ1) is 20.1. The van der Waals surface area contributed by atoms with Crippen LogP contribution in [0.3, 0.4) is 0 Å². The molecule has 5 aromatic carbocycles. The van der Waals surface area contributed by atoms with Gasteiger partial charge in [0.2, 0.25) is 0 Å². The Labute approximate surface area is 288 Å². The Morgan fingerprint density at radius 3 is 0.951 bits per heavy atom. The van der Waals surface area contributed by atoms with E-state index in [2.05, 4.69) is 196 Å². The fraction of sp³-hybridized carbons (Fsp3) is 0.118. The maximum atomic E-state index is 6.20. The highest BCUT2D eigenvalue weighted by Gasteiger charge is 2.45. The second kappa shape index (κ2) is 20.3. The van der Waals surface area contributed by atoms with E-state index < -0.39 is 7.26 Å². The molecule has 0 nitrogen and oxygen atoms in total. The molecule has 0 spiro atoms. The Morgan fingerprint density at radius 1 is 0.463 bits per heavy atom. The Morgan fingerprint density at radius 2 is 0.707 bits per heavy atom. The molecule has 0 heterocycles. The summed E-state index contributed by atoms with van der Waals surface area (Å²) in [7, 11) is 0.713. The normalized spacial score (nSPS) is 10.9. The van der Waals surface area contributed by atoms with Gasteiger partial charge in [0.05, 0.1) is 7.44 Å². The van der Waals surface area contributed by atoms with Gasteiger partial charge in [-0.2, -0.15) is 0 Å². The van der Waals surface area contributed by atoms with Gasteiger partial charge in [-0.3, -0.25) is 0 Å². The fourth-order valence-corrected chi connectivity index (χ4v) is 9.86. The van der Waals surface area contributed by atoms with Crippen molar-refractivity contribution in [1.29, 1.82) is 1.28 Å². The molecule has 214 valence electrons. The van der Waals surface area contributed by atoms with Crippen LogP contribution in [0.4, 0.5) is 0 Å². The van der Waals surface area contributed by atoms with E-state index >= 15 is 0 Å². The average Bonchev–Trinajstić information content (AvgIpc) is 3.06. The third-order valence-corrected chi connectivity index (χ3v) is 12.8. The predicted molar refractivity (Wildman–Crippen MR) is 199 cm³/mol. The molecular weight excluding hydrogens is 821 g/mol. The molecule has 0 aliphatic rings. The van der Waals surface area contributed by atoms with Crippen LogP contribution in [0.5, 0.6) is 0 Å². The summed E-state index contributed by atoms with van der Waals surface area (Å²) in [6.45, 7) is 0. The predicted octanol–water partition coefficient (Wildman–Crippen LogP) is 7.21. The molecule has 0 aliphatic carbocycles. The molecular formula is C34H35Br4P3. The molecule has 0 amide bonds. The van der Waals surface area contributed by atoms with Crippen LogP contribution >= 0.6 is 72.9 Å². The summed E-state index contributed by atoms with van der Waals surface area (Å²) in [5, 5.41) is 7.06. The van der Waals surface area contributed by atoms with Crippen molar-refractivity contribution < 1.29 is 17.0 Å². The van der Waals surface area contributed by atoms with Crippen LogP contribution < -0.4 is 32.9 Å². The molecule has 0 fully saturated rings. The molecule has 5 rings (SSSR count). The maximum absolute atomic E-state index is 6.20. The Hall–Kier alpha value is -0.690. The van der Waals surface area contributed by atoms with Crippen molar-refractivity contribution in [3.8, 4) is 0 Å². The van der Waals surface area contributed by atoms with Gasteiger partial charge < -0.3 is 17.0 Å². The number of hydrogen-bond acceptors (Lipinski definition) is 0. The van der Waals surface area contributed by atoms with Gasteiger partial charge in [0.15, 0.2) is 0 Å². The first-order valence-electron chi connectivity index (χ1n) is 13.4. The molecule has 7 heteroatoms. The molecule has 2 unspecified atom stereocenters. The van der Waals surface area contributed by atoms with Gasteiger partial charge in [-0.15, -0.1) is 17.8 Å². The quantitative estimate of drug-likeness (QED) is 0.115. The first-order valence-corrected chi connectivity index (χ1v) is 20.5. The van der Waals surface area contributed by atoms with Crippen molar-refractivity contribution in [3.63, 3.8) is 0 Å². The highest BCUT2D eigenvalue weighted by Crippen LogP contribution is 2.58. The van der Waals surface area contributed by atoms with Gasteiger partial charge in [-0.25, -0.2) is 0 Å². The number of benzene rings is 5. The third-order valence-electron chi connectivity index (χ3n) is 6.52. The van der Waals surface area contributed by atoms with E-state index in [4.69, 9.17) is 1.28 Å². The topological polar surface area (TPSA) is 0 Å². The van der Waals surface area contributed by atoms with Crippen molar-refractivity contribution in [1.82, 2.24) is 0 Å². The second-order valence-corrected chi connectivity index (χ2v) is 14.2. The summed E-state index contributed by atoms with van der Waals surface area (Å²) in [4.78, 5) is 0. The van der Waals surface area contributed by atoms with Crippen LogP contribution in [0.15, 0.2) is 140 Å². The summed E-state index contributed by atoms with van der Waals surface area (Å²) in [6.07, 6.45) is 1.02. The van der Waals surface area contributed by atoms with Crippen molar-refractivity contribution in [3.05, 3.63) is 162 Å². The molecule has 0 saturated carbocycles. The number of rotatable bonds is 8. The van der Waals surface area contributed by atoms with Crippen LogP contribution in [-0.2, 0) is 22.2 Å². The summed E-state index contributed by atoms with van der Waals surface area (Å²) in [5.74, 6) is 0. The highest BCUT2D eigenvalue weighted by molar-refractivity contribution is 9.09. The van der Waals surface area contributed by atoms with E-state index in [1.807, 2.05) is 0 Å². The first kappa shape index (κ1) is 34.8. The third kappa shape index (κ3) is 10.5. The minimum absolute atomic E-state index is 0. The van der Waals surface area contributed by atoms with Gasteiger partial charge in [0, 0.05) is 16.0 Å². The van der Waals surface area contributed by atoms with Crippen LogP contribution in [-0.4, -0.2) is 1.28 Å². The summed E-state index contributed by atoms with van der Waals surface area (Å²) in [6, 6.07) is 50.8. The van der Waals surface area contributed by atoms with Gasteiger partial charge in [0.1, 0.15) is 23.2 Å². The number of alkyl halides is 3.